The van der Waals surface area contributed by atoms with Crippen molar-refractivity contribution in [1.82, 2.24) is 0 Å². The quantitative estimate of drug-likeness (QED) is 0.623. The maximum absolute atomic E-state index is 6.49. The molecular formula is C25H30O5. The van der Waals surface area contributed by atoms with E-state index in [1.54, 1.807) is 7.11 Å². The van der Waals surface area contributed by atoms with Crippen molar-refractivity contribution in [2.45, 2.75) is 50.8 Å². The number of rotatable bonds is 7. The molecule has 6 atom stereocenters. The number of methoxy groups -OCH3 is 1. The summed E-state index contributed by atoms with van der Waals surface area (Å²) in [6.45, 7) is 7.05. The zero-order valence-electron chi connectivity index (χ0n) is 17.6. The summed E-state index contributed by atoms with van der Waals surface area (Å²) in [5.74, 6) is -0.0213. The molecule has 2 aliphatic heterocycles. The van der Waals surface area contributed by atoms with Gasteiger partial charge in [-0.05, 0) is 18.9 Å². The van der Waals surface area contributed by atoms with Crippen LogP contribution in [0.1, 0.15) is 30.8 Å². The fourth-order valence-electron chi connectivity index (χ4n) is 4.24. The third kappa shape index (κ3) is 4.82. The summed E-state index contributed by atoms with van der Waals surface area (Å²) in [6, 6.07) is 20.2. The Morgan fingerprint density at radius 3 is 2.40 bits per heavy atom. The molecule has 5 heteroatoms. The van der Waals surface area contributed by atoms with Gasteiger partial charge in [-0.1, -0.05) is 66.2 Å². The van der Waals surface area contributed by atoms with Gasteiger partial charge >= 0.3 is 0 Å². The second-order valence-corrected chi connectivity index (χ2v) is 8.04. The molecule has 2 fully saturated rings. The highest BCUT2D eigenvalue weighted by Crippen LogP contribution is 2.40. The van der Waals surface area contributed by atoms with Crippen molar-refractivity contribution in [3.63, 3.8) is 0 Å². The zero-order valence-corrected chi connectivity index (χ0v) is 17.6. The summed E-state index contributed by atoms with van der Waals surface area (Å²) < 4.78 is 30.8. The van der Waals surface area contributed by atoms with E-state index in [0.717, 1.165) is 23.1 Å². The SMILES string of the molecule is C=C(C)C[C@@H]1[C@@H](OC)O[C@@H]2CO[C@@H](c3ccccc3)O[C@H]2[C@H]1OCc1ccccc1. The molecule has 0 N–H and O–H groups in total. The van der Waals surface area contributed by atoms with E-state index in [9.17, 15) is 0 Å². The molecule has 4 rings (SSSR count). The monoisotopic (exact) mass is 410 g/mol. The molecule has 0 saturated carbocycles. The molecule has 0 amide bonds. The lowest BCUT2D eigenvalue weighted by Crippen LogP contribution is -2.60. The van der Waals surface area contributed by atoms with E-state index in [4.69, 9.17) is 23.7 Å². The Morgan fingerprint density at radius 2 is 1.73 bits per heavy atom. The van der Waals surface area contributed by atoms with Gasteiger partial charge in [0.15, 0.2) is 12.6 Å². The smallest absolute Gasteiger partial charge is 0.184 e. The lowest BCUT2D eigenvalue weighted by molar-refractivity contribution is -0.356. The van der Waals surface area contributed by atoms with Gasteiger partial charge < -0.3 is 23.7 Å². The third-order valence-electron chi connectivity index (χ3n) is 5.64. The molecule has 0 spiro atoms. The first-order valence-electron chi connectivity index (χ1n) is 10.5. The summed E-state index contributed by atoms with van der Waals surface area (Å²) in [4.78, 5) is 0. The van der Waals surface area contributed by atoms with Gasteiger partial charge in [0, 0.05) is 18.6 Å². The Hall–Kier alpha value is -2.02. The van der Waals surface area contributed by atoms with Crippen LogP contribution in [0.3, 0.4) is 0 Å². The Kier molecular flexibility index (Phi) is 6.97. The van der Waals surface area contributed by atoms with E-state index in [1.165, 1.54) is 0 Å². The van der Waals surface area contributed by atoms with Gasteiger partial charge in [0.25, 0.3) is 0 Å². The highest BCUT2D eigenvalue weighted by Gasteiger charge is 2.50. The lowest BCUT2D eigenvalue weighted by Gasteiger charge is -2.49. The molecule has 2 aliphatic rings. The van der Waals surface area contributed by atoms with E-state index in [0.29, 0.717) is 13.2 Å². The maximum Gasteiger partial charge on any atom is 0.184 e. The standard InChI is InChI=1S/C25H30O5/c1-17(2)14-20-22(27-15-18-10-6-4-7-11-18)23-21(29-25(20)26-3)16-28-24(30-23)19-12-8-5-9-13-19/h4-13,20-25H,1,14-16H2,2-3H3/t20-,21+,22-,23+,24+,25-/m0/s1. The molecule has 5 nitrogen and oxygen atoms in total. The van der Waals surface area contributed by atoms with Crippen molar-refractivity contribution in [3.8, 4) is 0 Å². The zero-order chi connectivity index (χ0) is 20.9. The van der Waals surface area contributed by atoms with Crippen LogP contribution in [0.15, 0.2) is 72.8 Å². The molecule has 0 aliphatic carbocycles. The minimum atomic E-state index is -0.441. The van der Waals surface area contributed by atoms with Crippen LogP contribution in [0, 0.1) is 5.92 Å². The summed E-state index contributed by atoms with van der Waals surface area (Å²) in [6.07, 6.45) is -0.824. The Labute approximate surface area is 178 Å². The molecule has 30 heavy (non-hydrogen) atoms. The van der Waals surface area contributed by atoms with Crippen molar-refractivity contribution in [1.29, 1.82) is 0 Å². The van der Waals surface area contributed by atoms with Crippen LogP contribution in [-0.4, -0.2) is 38.3 Å². The number of hydrogen-bond acceptors (Lipinski definition) is 5. The van der Waals surface area contributed by atoms with Crippen LogP contribution in [-0.2, 0) is 30.3 Å². The molecule has 2 aromatic carbocycles. The van der Waals surface area contributed by atoms with E-state index in [1.807, 2.05) is 55.5 Å². The average Bonchev–Trinajstić information content (AvgIpc) is 2.78. The van der Waals surface area contributed by atoms with Gasteiger partial charge in [-0.15, -0.1) is 6.58 Å². The summed E-state index contributed by atoms with van der Waals surface area (Å²) >= 11 is 0. The van der Waals surface area contributed by atoms with Gasteiger partial charge in [0.2, 0.25) is 0 Å². The van der Waals surface area contributed by atoms with Gasteiger partial charge in [-0.2, -0.15) is 0 Å². The van der Waals surface area contributed by atoms with E-state index < -0.39 is 12.6 Å². The molecule has 2 heterocycles. The maximum atomic E-state index is 6.49. The second-order valence-electron chi connectivity index (χ2n) is 8.04. The summed E-state index contributed by atoms with van der Waals surface area (Å²) in [5, 5.41) is 0. The predicted octanol–water partition coefficient (Wildman–Crippen LogP) is 4.64. The van der Waals surface area contributed by atoms with Crippen molar-refractivity contribution < 1.29 is 23.7 Å². The van der Waals surface area contributed by atoms with Gasteiger partial charge in [-0.25, -0.2) is 0 Å². The topological polar surface area (TPSA) is 46.2 Å². The molecule has 0 aromatic heterocycles. The van der Waals surface area contributed by atoms with Crippen molar-refractivity contribution in [2.24, 2.45) is 5.92 Å². The number of benzene rings is 2. The van der Waals surface area contributed by atoms with E-state index >= 15 is 0 Å². The summed E-state index contributed by atoms with van der Waals surface area (Å²) in [7, 11) is 1.67. The number of hydrogen-bond donors (Lipinski definition) is 0. The number of fused-ring (bicyclic) bond motifs is 1. The molecule has 0 radical (unpaired) electrons. The van der Waals surface area contributed by atoms with Crippen LogP contribution in [0.25, 0.3) is 0 Å². The minimum absolute atomic E-state index is 0.0213. The van der Waals surface area contributed by atoms with E-state index in [-0.39, 0.29) is 24.2 Å². The van der Waals surface area contributed by atoms with Crippen molar-refractivity contribution in [2.75, 3.05) is 13.7 Å². The number of allylic oxidation sites excluding steroid dienone is 1. The first kappa shape index (κ1) is 21.2. The van der Waals surface area contributed by atoms with Crippen LogP contribution in [0.4, 0.5) is 0 Å². The Bertz CT molecular complexity index is 809. The van der Waals surface area contributed by atoms with Crippen LogP contribution >= 0.6 is 0 Å². The van der Waals surface area contributed by atoms with Crippen LogP contribution in [0.2, 0.25) is 0 Å². The largest absolute Gasteiger partial charge is 0.370 e. The molecule has 0 unspecified atom stereocenters. The molecule has 160 valence electrons. The van der Waals surface area contributed by atoms with Gasteiger partial charge in [0.1, 0.15) is 12.2 Å². The molecule has 2 saturated heterocycles. The second kappa shape index (κ2) is 9.86. The van der Waals surface area contributed by atoms with Gasteiger partial charge in [-0.3, -0.25) is 0 Å². The first-order valence-corrected chi connectivity index (χ1v) is 10.5. The average molecular weight is 411 g/mol. The van der Waals surface area contributed by atoms with Crippen LogP contribution < -0.4 is 0 Å². The molecular weight excluding hydrogens is 380 g/mol. The molecule has 2 aromatic rings. The predicted molar refractivity (Wildman–Crippen MR) is 114 cm³/mol. The van der Waals surface area contributed by atoms with E-state index in [2.05, 4.69) is 18.7 Å². The van der Waals surface area contributed by atoms with Crippen LogP contribution in [0.5, 0.6) is 0 Å². The third-order valence-corrected chi connectivity index (χ3v) is 5.64. The minimum Gasteiger partial charge on any atom is -0.370 e. The lowest BCUT2D eigenvalue weighted by atomic mass is 9.85. The fraction of sp³-hybridized carbons (Fsp3) is 0.440. The summed E-state index contributed by atoms with van der Waals surface area (Å²) in [5.41, 5.74) is 3.17. The fourth-order valence-corrected chi connectivity index (χ4v) is 4.24. The Morgan fingerprint density at radius 1 is 1.03 bits per heavy atom. The van der Waals surface area contributed by atoms with Crippen molar-refractivity contribution in [3.05, 3.63) is 83.9 Å². The van der Waals surface area contributed by atoms with Crippen molar-refractivity contribution >= 4 is 0 Å². The first-order chi connectivity index (χ1) is 14.7. The highest BCUT2D eigenvalue weighted by molar-refractivity contribution is 5.17. The van der Waals surface area contributed by atoms with Gasteiger partial charge in [0.05, 0.1) is 19.3 Å². The normalized spacial score (nSPS) is 31.1. The number of ether oxygens (including phenoxy) is 5. The molecule has 0 bridgehead atoms. The Balaban J connectivity index is 1.58. The highest BCUT2D eigenvalue weighted by atomic mass is 16.7.